The minimum atomic E-state index is -0.713. The van der Waals surface area contributed by atoms with Gasteiger partial charge < -0.3 is 14.6 Å². The molecule has 1 saturated heterocycles. The Morgan fingerprint density at radius 1 is 1.18 bits per heavy atom. The van der Waals surface area contributed by atoms with Crippen LogP contribution in [0.15, 0.2) is 34.8 Å². The van der Waals surface area contributed by atoms with Gasteiger partial charge >= 0.3 is 5.97 Å². The molecule has 0 aromatic heterocycles. The molecule has 1 aromatic carbocycles. The summed E-state index contributed by atoms with van der Waals surface area (Å²) in [7, 11) is 1.62. The first kappa shape index (κ1) is 25.3. The van der Waals surface area contributed by atoms with E-state index in [0.29, 0.717) is 28.1 Å². The monoisotopic (exact) mass is 489 g/mol. The molecule has 2 aliphatic heterocycles. The van der Waals surface area contributed by atoms with Gasteiger partial charge in [0.05, 0.1) is 12.0 Å². The highest BCUT2D eigenvalue weighted by atomic mass is 32.2. The number of fused-ring (bicyclic) bond motifs is 1. The van der Waals surface area contributed by atoms with Gasteiger partial charge in [0.15, 0.2) is 11.5 Å². The van der Waals surface area contributed by atoms with Crippen molar-refractivity contribution in [1.29, 1.82) is 0 Å². The molecule has 8 heteroatoms. The molecule has 2 heterocycles. The summed E-state index contributed by atoms with van der Waals surface area (Å²) in [4.78, 5) is 25.7. The molecule has 0 bridgehead atoms. The van der Waals surface area contributed by atoms with Crippen molar-refractivity contribution in [2.24, 2.45) is 0 Å². The summed E-state index contributed by atoms with van der Waals surface area (Å²) in [5, 5.41) is 8.64. The second kappa shape index (κ2) is 12.8. The highest BCUT2D eigenvalue weighted by Gasteiger charge is 2.32. The van der Waals surface area contributed by atoms with Crippen molar-refractivity contribution < 1.29 is 24.2 Å². The zero-order valence-corrected chi connectivity index (χ0v) is 20.6. The highest BCUT2D eigenvalue weighted by molar-refractivity contribution is 8.26. The number of carbonyl (C=O) groups is 2. The van der Waals surface area contributed by atoms with Gasteiger partial charge in [-0.25, -0.2) is 0 Å². The fourth-order valence-electron chi connectivity index (χ4n) is 3.91. The average molecular weight is 490 g/mol. The Kier molecular flexibility index (Phi) is 9.81. The number of carbonyl (C=O) groups excluding carboxylic acids is 1. The highest BCUT2D eigenvalue weighted by Crippen LogP contribution is 2.37. The molecule has 178 valence electrons. The van der Waals surface area contributed by atoms with Gasteiger partial charge in [0.25, 0.3) is 5.91 Å². The van der Waals surface area contributed by atoms with Crippen LogP contribution in [0.2, 0.25) is 0 Å². The normalized spacial score (nSPS) is 16.6. The first-order valence-corrected chi connectivity index (χ1v) is 12.7. The molecule has 0 atom stereocenters. The quantitative estimate of drug-likeness (QED) is 0.213. The summed E-state index contributed by atoms with van der Waals surface area (Å²) in [6.45, 7) is 1.03. The Morgan fingerprint density at radius 3 is 2.58 bits per heavy atom. The number of aliphatic carboxylic acids is 1. The number of ether oxygens (including phenoxy) is 2. The van der Waals surface area contributed by atoms with Crippen molar-refractivity contribution in [3.05, 3.63) is 40.3 Å². The van der Waals surface area contributed by atoms with Gasteiger partial charge in [0.2, 0.25) is 0 Å². The van der Waals surface area contributed by atoms with Crippen LogP contribution >= 0.6 is 24.0 Å². The maximum atomic E-state index is 12.9. The van der Waals surface area contributed by atoms with E-state index in [1.807, 2.05) is 30.4 Å². The van der Waals surface area contributed by atoms with Crippen LogP contribution in [0.3, 0.4) is 0 Å². The fourth-order valence-corrected chi connectivity index (χ4v) is 5.23. The largest absolute Gasteiger partial charge is 0.493 e. The summed E-state index contributed by atoms with van der Waals surface area (Å²) in [6, 6.07) is 5.75. The van der Waals surface area contributed by atoms with E-state index in [4.69, 9.17) is 26.8 Å². The maximum Gasteiger partial charge on any atom is 0.303 e. The number of rotatable bonds is 13. The molecule has 0 aliphatic carbocycles. The van der Waals surface area contributed by atoms with E-state index < -0.39 is 5.97 Å². The van der Waals surface area contributed by atoms with Crippen molar-refractivity contribution in [1.82, 2.24) is 4.90 Å². The Labute approximate surface area is 205 Å². The SMILES string of the molecule is COc1cccc2c1OCC(/C=C1\SC(=S)N(CCCCCCCCCCC(=O)O)C1=O)=C2. The molecule has 2 aliphatic rings. The van der Waals surface area contributed by atoms with Gasteiger partial charge in [-0.15, -0.1) is 0 Å². The molecule has 3 rings (SSSR count). The van der Waals surface area contributed by atoms with Crippen molar-refractivity contribution in [2.45, 2.75) is 57.8 Å². The predicted octanol–water partition coefficient (Wildman–Crippen LogP) is 5.81. The van der Waals surface area contributed by atoms with E-state index in [0.717, 1.165) is 68.3 Å². The van der Waals surface area contributed by atoms with Crippen molar-refractivity contribution in [3.8, 4) is 11.5 Å². The van der Waals surface area contributed by atoms with E-state index in [9.17, 15) is 9.59 Å². The minimum Gasteiger partial charge on any atom is -0.493 e. The number of hydrogen-bond donors (Lipinski definition) is 1. The Bertz CT molecular complexity index is 941. The van der Waals surface area contributed by atoms with Gasteiger partial charge in [-0.3, -0.25) is 14.5 Å². The number of hydrogen-bond acceptors (Lipinski definition) is 6. The summed E-state index contributed by atoms with van der Waals surface area (Å²) in [5.41, 5.74) is 1.86. The van der Waals surface area contributed by atoms with Crippen LogP contribution < -0.4 is 9.47 Å². The number of nitrogens with zero attached hydrogens (tertiary/aromatic N) is 1. The number of carboxylic acids is 1. The number of carboxylic acid groups (broad SMARTS) is 1. The number of thioether (sulfide) groups is 1. The molecule has 33 heavy (non-hydrogen) atoms. The van der Waals surface area contributed by atoms with Gasteiger partial charge in [0, 0.05) is 18.5 Å². The predicted molar refractivity (Wildman–Crippen MR) is 136 cm³/mol. The molecule has 1 N–H and O–H groups in total. The van der Waals surface area contributed by atoms with Crippen molar-refractivity contribution in [3.63, 3.8) is 0 Å². The molecule has 0 saturated carbocycles. The lowest BCUT2D eigenvalue weighted by Crippen LogP contribution is -2.29. The van der Waals surface area contributed by atoms with Crippen molar-refractivity contribution in [2.75, 3.05) is 20.3 Å². The van der Waals surface area contributed by atoms with Crippen LogP contribution in [0.25, 0.3) is 6.08 Å². The molecular formula is C25H31NO5S2. The van der Waals surface area contributed by atoms with Crippen LogP contribution in [-0.2, 0) is 9.59 Å². The number of amides is 1. The second-order valence-electron chi connectivity index (χ2n) is 8.19. The molecule has 0 spiro atoms. The Morgan fingerprint density at radius 2 is 1.88 bits per heavy atom. The zero-order valence-electron chi connectivity index (χ0n) is 19.0. The maximum absolute atomic E-state index is 12.9. The van der Waals surface area contributed by atoms with E-state index in [1.54, 1.807) is 12.0 Å². The number of thiocarbonyl (C=S) groups is 1. The molecule has 0 unspecified atom stereocenters. The number of methoxy groups -OCH3 is 1. The van der Waals surface area contributed by atoms with E-state index in [1.165, 1.54) is 11.8 Å². The second-order valence-corrected chi connectivity index (χ2v) is 9.87. The van der Waals surface area contributed by atoms with Gasteiger partial charge in [-0.1, -0.05) is 74.6 Å². The van der Waals surface area contributed by atoms with Crippen molar-refractivity contribution >= 4 is 46.3 Å². The summed E-state index contributed by atoms with van der Waals surface area (Å²) >= 11 is 6.81. The Balaban J connectivity index is 1.42. The van der Waals surface area contributed by atoms with E-state index in [2.05, 4.69) is 0 Å². The first-order chi connectivity index (χ1) is 16.0. The summed E-state index contributed by atoms with van der Waals surface area (Å²) in [6.07, 6.45) is 12.4. The summed E-state index contributed by atoms with van der Waals surface area (Å²) in [5.74, 6) is 0.688. The van der Waals surface area contributed by atoms with Crippen LogP contribution in [0, 0.1) is 0 Å². The molecule has 1 amide bonds. The lowest BCUT2D eigenvalue weighted by atomic mass is 10.1. The van der Waals surface area contributed by atoms with Crippen LogP contribution in [-0.4, -0.2) is 46.5 Å². The fraction of sp³-hybridized carbons (Fsp3) is 0.480. The van der Waals surface area contributed by atoms with E-state index >= 15 is 0 Å². The summed E-state index contributed by atoms with van der Waals surface area (Å²) < 4.78 is 11.8. The standard InChI is InChI=1S/C25H31NO5S2/c1-30-20-12-10-11-19-15-18(17-31-23(19)20)16-21-24(29)26(25(32)33-21)14-9-7-5-3-2-4-6-8-13-22(27)28/h10-12,15-16H,2-9,13-14,17H2,1H3,(H,27,28)/b21-16-. The molecule has 1 fully saturated rings. The lowest BCUT2D eigenvalue weighted by molar-refractivity contribution is -0.137. The zero-order chi connectivity index (χ0) is 23.6. The van der Waals surface area contributed by atoms with Crippen LogP contribution in [0.1, 0.15) is 63.4 Å². The van der Waals surface area contributed by atoms with Gasteiger partial charge in [-0.2, -0.15) is 0 Å². The third-order valence-electron chi connectivity index (χ3n) is 5.67. The van der Waals surface area contributed by atoms with E-state index in [-0.39, 0.29) is 12.3 Å². The third-order valence-corrected chi connectivity index (χ3v) is 7.04. The first-order valence-electron chi connectivity index (χ1n) is 11.5. The van der Waals surface area contributed by atoms with Gasteiger partial charge in [-0.05, 0) is 36.6 Å². The van der Waals surface area contributed by atoms with Gasteiger partial charge in [0.1, 0.15) is 10.9 Å². The number of unbranched alkanes of at least 4 members (excludes halogenated alkanes) is 7. The molecule has 0 radical (unpaired) electrons. The molecule has 1 aromatic rings. The van der Waals surface area contributed by atoms with Crippen LogP contribution in [0.4, 0.5) is 0 Å². The third kappa shape index (κ3) is 7.33. The smallest absolute Gasteiger partial charge is 0.303 e. The Hall–Kier alpha value is -2.32. The number of para-hydroxylation sites is 1. The topological polar surface area (TPSA) is 76.1 Å². The molecule has 6 nitrogen and oxygen atoms in total. The van der Waals surface area contributed by atoms with Crippen LogP contribution in [0.5, 0.6) is 11.5 Å². The minimum absolute atomic E-state index is 0.0271. The lowest BCUT2D eigenvalue weighted by Gasteiger charge is -2.18. The average Bonchev–Trinajstić information content (AvgIpc) is 3.06. The molecular weight excluding hydrogens is 458 g/mol. The number of benzene rings is 1.